The number of thioether (sulfide) groups is 1. The van der Waals surface area contributed by atoms with Gasteiger partial charge in [-0.2, -0.15) is 4.57 Å². The molecule has 162 valence electrons. The minimum absolute atomic E-state index is 0.948. The van der Waals surface area contributed by atoms with Crippen molar-refractivity contribution in [2.45, 2.75) is 31.7 Å². The third-order valence-electron chi connectivity index (χ3n) is 6.35. The summed E-state index contributed by atoms with van der Waals surface area (Å²) in [6, 6.07) is 26.2. The third-order valence-corrected chi connectivity index (χ3v) is 8.67. The number of fused-ring (bicyclic) bond motifs is 7. The van der Waals surface area contributed by atoms with Gasteiger partial charge in [-0.25, -0.2) is 0 Å². The quantitative estimate of drug-likeness (QED) is 0.212. The van der Waals surface area contributed by atoms with Crippen molar-refractivity contribution in [3.8, 4) is 0 Å². The zero-order valence-corrected chi connectivity index (χ0v) is 20.4. The van der Waals surface area contributed by atoms with Crippen molar-refractivity contribution in [3.05, 3.63) is 95.0 Å². The molecule has 0 atom stereocenters. The number of allylic oxidation sites excluding steroid dienone is 3. The molecule has 0 amide bonds. The smallest absolute Gasteiger partial charge is 0.265 e. The Bertz CT molecular complexity index is 1560. The summed E-state index contributed by atoms with van der Waals surface area (Å²) in [5, 5.41) is 11.4. The fraction of sp³-hybridized carbons (Fsp3) is 0.138. The number of hydrogen-bond donors (Lipinski definition) is 1. The molecule has 0 bridgehead atoms. The molecule has 0 saturated carbocycles. The maximum atomic E-state index is 3.55. The number of aryl methyl sites for hydroxylation is 1. The minimum atomic E-state index is 0.948. The normalized spacial score (nSPS) is 15.0. The van der Waals surface area contributed by atoms with Crippen LogP contribution in [0.2, 0.25) is 0 Å². The molecule has 1 aliphatic rings. The van der Waals surface area contributed by atoms with Gasteiger partial charge in [0.1, 0.15) is 11.2 Å². The molecule has 33 heavy (non-hydrogen) atoms. The predicted molar refractivity (Wildman–Crippen MR) is 145 cm³/mol. The van der Waals surface area contributed by atoms with Crippen molar-refractivity contribution >= 4 is 66.1 Å². The highest BCUT2D eigenvalue weighted by Crippen LogP contribution is 2.41. The van der Waals surface area contributed by atoms with Crippen molar-refractivity contribution in [2.24, 2.45) is 0 Å². The zero-order chi connectivity index (χ0) is 22.4. The summed E-state index contributed by atoms with van der Waals surface area (Å²) in [6.45, 7) is 5.47. The Morgan fingerprint density at radius 2 is 1.52 bits per heavy atom. The van der Waals surface area contributed by atoms with Crippen LogP contribution in [0.15, 0.2) is 94.9 Å². The first kappa shape index (κ1) is 20.5. The van der Waals surface area contributed by atoms with Gasteiger partial charge >= 0.3 is 0 Å². The van der Waals surface area contributed by atoms with Gasteiger partial charge in [0, 0.05) is 15.9 Å². The lowest BCUT2D eigenvalue weighted by molar-refractivity contribution is -0.665. The minimum Gasteiger partial charge on any atom is -0.349 e. The molecule has 1 aromatic heterocycles. The molecule has 2 nitrogen and oxygen atoms in total. The summed E-state index contributed by atoms with van der Waals surface area (Å²) in [4.78, 5) is 1.29. The van der Waals surface area contributed by atoms with E-state index in [2.05, 4.69) is 109 Å². The molecule has 4 heteroatoms. The van der Waals surface area contributed by atoms with E-state index >= 15 is 0 Å². The Morgan fingerprint density at radius 3 is 2.24 bits per heavy atom. The summed E-state index contributed by atoms with van der Waals surface area (Å²) in [5.74, 6) is 0. The van der Waals surface area contributed by atoms with Gasteiger partial charge in [-0.05, 0) is 54.5 Å². The van der Waals surface area contributed by atoms with E-state index < -0.39 is 0 Å². The Hall–Kier alpha value is -3.08. The largest absolute Gasteiger partial charge is 0.349 e. The van der Waals surface area contributed by atoms with Gasteiger partial charge in [-0.15, -0.1) is 0 Å². The van der Waals surface area contributed by atoms with E-state index in [1.165, 1.54) is 58.0 Å². The molecule has 1 aliphatic heterocycles. The molecule has 4 aromatic carbocycles. The lowest BCUT2D eigenvalue weighted by Crippen LogP contribution is -2.34. The van der Waals surface area contributed by atoms with Gasteiger partial charge in [0.15, 0.2) is 0 Å². The molecule has 0 radical (unpaired) electrons. The molecule has 5 aromatic rings. The molecule has 0 aliphatic carbocycles. The van der Waals surface area contributed by atoms with E-state index in [-0.39, 0.29) is 0 Å². The molecule has 6 rings (SSSR count). The van der Waals surface area contributed by atoms with Crippen LogP contribution in [0.1, 0.15) is 25.3 Å². The molecular formula is C29H25N2S2+. The fourth-order valence-corrected chi connectivity index (χ4v) is 7.17. The average molecular weight is 466 g/mol. The maximum Gasteiger partial charge on any atom is 0.265 e. The number of rotatable bonds is 4. The van der Waals surface area contributed by atoms with E-state index in [9.17, 15) is 0 Å². The number of hydrogen-bond acceptors (Lipinski definition) is 3. The zero-order valence-electron chi connectivity index (χ0n) is 18.8. The van der Waals surface area contributed by atoms with Gasteiger partial charge in [0.05, 0.1) is 16.1 Å². The first-order valence-corrected chi connectivity index (χ1v) is 13.1. The maximum absolute atomic E-state index is 3.55. The second-order valence-electron chi connectivity index (χ2n) is 8.22. The summed E-state index contributed by atoms with van der Waals surface area (Å²) in [5.41, 5.74) is 3.93. The van der Waals surface area contributed by atoms with Crippen LogP contribution in [0.5, 0.6) is 0 Å². The van der Waals surface area contributed by atoms with Crippen LogP contribution in [-0.4, -0.2) is 0 Å². The van der Waals surface area contributed by atoms with E-state index in [1.807, 2.05) is 11.3 Å². The molecular weight excluding hydrogens is 440 g/mol. The van der Waals surface area contributed by atoms with Crippen molar-refractivity contribution in [2.75, 3.05) is 5.32 Å². The predicted octanol–water partition coefficient (Wildman–Crippen LogP) is 8.37. The van der Waals surface area contributed by atoms with Gasteiger partial charge in [-0.3, -0.25) is 0 Å². The number of nitrogens with zero attached hydrogens (tertiary/aromatic N) is 1. The topological polar surface area (TPSA) is 15.9 Å². The highest BCUT2D eigenvalue weighted by molar-refractivity contribution is 8.03. The molecule has 0 unspecified atom stereocenters. The van der Waals surface area contributed by atoms with Crippen molar-refractivity contribution in [3.63, 3.8) is 0 Å². The summed E-state index contributed by atoms with van der Waals surface area (Å²) >= 11 is 3.74. The molecule has 0 saturated heterocycles. The Labute approximate surface area is 202 Å². The SMILES string of the molecule is CCC(=CC=C1Nc2ccccc2S1)c1sc2c3ccccc3c3ccccc3c2[n+]1CC. The number of benzene rings is 4. The van der Waals surface area contributed by atoms with Gasteiger partial charge < -0.3 is 5.32 Å². The van der Waals surface area contributed by atoms with Crippen LogP contribution in [0, 0.1) is 0 Å². The van der Waals surface area contributed by atoms with Crippen LogP contribution in [-0.2, 0) is 6.54 Å². The Morgan fingerprint density at radius 1 is 0.848 bits per heavy atom. The van der Waals surface area contributed by atoms with Crippen molar-refractivity contribution in [1.29, 1.82) is 0 Å². The van der Waals surface area contributed by atoms with Gasteiger partial charge in [-0.1, -0.05) is 84.6 Å². The second-order valence-corrected chi connectivity index (χ2v) is 10.3. The third kappa shape index (κ3) is 3.36. The van der Waals surface area contributed by atoms with Gasteiger partial charge in [0.25, 0.3) is 5.01 Å². The van der Waals surface area contributed by atoms with Crippen LogP contribution in [0.4, 0.5) is 5.69 Å². The van der Waals surface area contributed by atoms with Crippen LogP contribution in [0.25, 0.3) is 37.3 Å². The number of anilines is 1. The van der Waals surface area contributed by atoms with E-state index in [1.54, 1.807) is 11.8 Å². The number of thiazole rings is 1. The van der Waals surface area contributed by atoms with Crippen molar-refractivity contribution < 1.29 is 4.57 Å². The number of aromatic nitrogens is 1. The van der Waals surface area contributed by atoms with Crippen LogP contribution < -0.4 is 9.88 Å². The van der Waals surface area contributed by atoms with Gasteiger partial charge in [0.2, 0.25) is 5.52 Å². The first-order valence-electron chi connectivity index (χ1n) is 11.5. The summed E-state index contributed by atoms with van der Waals surface area (Å²) < 4.78 is 3.90. The Kier molecular flexibility index (Phi) is 5.20. The lowest BCUT2D eigenvalue weighted by Gasteiger charge is -2.05. The van der Waals surface area contributed by atoms with Crippen LogP contribution >= 0.6 is 23.1 Å². The standard InChI is InChI=1S/C29H24N2S2/c1-3-19(17-18-26-30-24-15-9-10-16-25(24)32-26)29-31(4-2)27-22-13-7-5-11-20(22)21-12-6-8-14-23(21)28(27)33-29/h5-18H,3-4H2,1-2H3/p+1. The Balaban J connectivity index is 1.55. The summed E-state index contributed by atoms with van der Waals surface area (Å²) in [7, 11) is 0. The van der Waals surface area contributed by atoms with E-state index in [4.69, 9.17) is 0 Å². The first-order chi connectivity index (χ1) is 16.3. The monoisotopic (exact) mass is 465 g/mol. The summed E-state index contributed by atoms with van der Waals surface area (Å²) in [6.07, 6.45) is 5.54. The number of nitrogens with one attached hydrogen (secondary N) is 1. The van der Waals surface area contributed by atoms with Crippen LogP contribution in [0.3, 0.4) is 0 Å². The average Bonchev–Trinajstić information content (AvgIpc) is 3.46. The highest BCUT2D eigenvalue weighted by atomic mass is 32.2. The van der Waals surface area contributed by atoms with Crippen molar-refractivity contribution in [1.82, 2.24) is 0 Å². The molecule has 2 heterocycles. The second kappa shape index (κ2) is 8.36. The highest BCUT2D eigenvalue weighted by Gasteiger charge is 2.26. The van der Waals surface area contributed by atoms with E-state index in [0.29, 0.717) is 0 Å². The molecule has 1 N–H and O–H groups in total. The van der Waals surface area contributed by atoms with E-state index in [0.717, 1.165) is 13.0 Å². The fourth-order valence-electron chi connectivity index (χ4n) is 4.78. The molecule has 0 spiro atoms. The molecule has 0 fully saturated rings. The number of para-hydroxylation sites is 1. The lowest BCUT2D eigenvalue weighted by atomic mass is 10.0.